The van der Waals surface area contributed by atoms with E-state index in [-0.39, 0.29) is 23.5 Å². The molecule has 138 valence electrons. The number of rotatable bonds is 6. The van der Waals surface area contributed by atoms with Crippen molar-refractivity contribution in [2.24, 2.45) is 0 Å². The molecule has 1 saturated heterocycles. The van der Waals surface area contributed by atoms with Crippen LogP contribution < -0.4 is 0 Å². The van der Waals surface area contributed by atoms with Crippen molar-refractivity contribution in [3.8, 4) is 0 Å². The van der Waals surface area contributed by atoms with Gasteiger partial charge in [0.2, 0.25) is 0 Å². The van der Waals surface area contributed by atoms with Crippen molar-refractivity contribution in [3.63, 3.8) is 0 Å². The third-order valence-electron chi connectivity index (χ3n) is 5.11. The second-order valence-corrected chi connectivity index (χ2v) is 6.75. The fraction of sp³-hybridized carbons (Fsp3) is 0.381. The van der Waals surface area contributed by atoms with Gasteiger partial charge in [0.1, 0.15) is 5.82 Å². The molecule has 1 aliphatic heterocycles. The van der Waals surface area contributed by atoms with E-state index in [0.29, 0.717) is 18.5 Å². The lowest BCUT2D eigenvalue weighted by Crippen LogP contribution is -2.49. The van der Waals surface area contributed by atoms with Crippen molar-refractivity contribution in [2.75, 3.05) is 13.7 Å². The molecule has 2 aromatic carbocycles. The van der Waals surface area contributed by atoms with E-state index in [1.54, 1.807) is 25.3 Å². The van der Waals surface area contributed by atoms with Gasteiger partial charge in [-0.2, -0.15) is 0 Å². The first-order valence-electron chi connectivity index (χ1n) is 8.91. The highest BCUT2D eigenvalue weighted by molar-refractivity contribution is 5.87. The van der Waals surface area contributed by atoms with Gasteiger partial charge in [-0.25, -0.2) is 9.18 Å². The lowest BCUT2D eigenvalue weighted by Gasteiger charge is -2.41. The Morgan fingerprint density at radius 2 is 1.96 bits per heavy atom. The maximum absolute atomic E-state index is 14.1. The van der Waals surface area contributed by atoms with E-state index in [1.165, 1.54) is 6.07 Å². The Morgan fingerprint density at radius 3 is 2.62 bits per heavy atom. The van der Waals surface area contributed by atoms with Gasteiger partial charge >= 0.3 is 5.97 Å². The topological polar surface area (TPSA) is 49.8 Å². The average Bonchev–Trinajstić information content (AvgIpc) is 2.65. The minimum absolute atomic E-state index is 0.0571. The van der Waals surface area contributed by atoms with Crippen LogP contribution in [0.5, 0.6) is 0 Å². The standard InChI is InChI=1S/C21H24FNO3/c1-26-20-7-4-12-23(14-15-8-10-16(11-9-15)21(24)25)19(20)13-17-5-2-3-6-18(17)22/h2-3,5-6,8-11,19-20H,4,7,12-14H2,1H3,(H,24,25)/t19-,20-/m0/s1. The predicted octanol–water partition coefficient (Wildman–Crippen LogP) is 3.75. The van der Waals surface area contributed by atoms with Crippen LogP contribution in [0.2, 0.25) is 0 Å². The summed E-state index contributed by atoms with van der Waals surface area (Å²) in [6.45, 7) is 1.61. The van der Waals surface area contributed by atoms with Gasteiger partial charge in [-0.05, 0) is 55.1 Å². The van der Waals surface area contributed by atoms with E-state index in [4.69, 9.17) is 9.84 Å². The van der Waals surface area contributed by atoms with Crippen LogP contribution in [0.3, 0.4) is 0 Å². The summed E-state index contributed by atoms with van der Waals surface area (Å²) in [5, 5.41) is 9.03. The van der Waals surface area contributed by atoms with Crippen molar-refractivity contribution < 1.29 is 19.0 Å². The number of hydrogen-bond donors (Lipinski definition) is 1. The fourth-order valence-electron chi connectivity index (χ4n) is 3.70. The second-order valence-electron chi connectivity index (χ2n) is 6.75. The van der Waals surface area contributed by atoms with Crippen molar-refractivity contribution in [1.82, 2.24) is 4.90 Å². The number of hydrogen-bond acceptors (Lipinski definition) is 3. The molecular weight excluding hydrogens is 333 g/mol. The molecule has 0 aromatic heterocycles. The summed E-state index contributed by atoms with van der Waals surface area (Å²) >= 11 is 0. The molecule has 0 aliphatic carbocycles. The quantitative estimate of drug-likeness (QED) is 0.855. The lowest BCUT2D eigenvalue weighted by atomic mass is 9.92. The van der Waals surface area contributed by atoms with Crippen LogP contribution >= 0.6 is 0 Å². The summed E-state index contributed by atoms with van der Waals surface area (Å²) in [6, 6.07) is 13.9. The number of methoxy groups -OCH3 is 1. The molecule has 2 atom stereocenters. The van der Waals surface area contributed by atoms with Crippen LogP contribution in [0.25, 0.3) is 0 Å². The van der Waals surface area contributed by atoms with E-state index in [9.17, 15) is 9.18 Å². The smallest absolute Gasteiger partial charge is 0.335 e. The zero-order valence-electron chi connectivity index (χ0n) is 14.9. The van der Waals surface area contributed by atoms with Gasteiger partial charge in [-0.1, -0.05) is 30.3 Å². The molecule has 3 rings (SSSR count). The maximum Gasteiger partial charge on any atom is 0.335 e. The SMILES string of the molecule is CO[C@H]1CCCN(Cc2ccc(C(=O)O)cc2)[C@H]1Cc1ccccc1F. The summed E-state index contributed by atoms with van der Waals surface area (Å²) in [6.07, 6.45) is 2.64. The van der Waals surface area contributed by atoms with Crippen LogP contribution in [0, 0.1) is 5.82 Å². The van der Waals surface area contributed by atoms with Gasteiger partial charge in [-0.3, -0.25) is 4.90 Å². The lowest BCUT2D eigenvalue weighted by molar-refractivity contribution is -0.0220. The summed E-state index contributed by atoms with van der Waals surface area (Å²) < 4.78 is 19.8. The third kappa shape index (κ3) is 4.29. The summed E-state index contributed by atoms with van der Waals surface area (Å²) in [4.78, 5) is 13.3. The summed E-state index contributed by atoms with van der Waals surface area (Å²) in [5.74, 6) is -1.11. The molecule has 0 unspecified atom stereocenters. The number of aromatic carboxylic acids is 1. The number of piperidine rings is 1. The van der Waals surface area contributed by atoms with Gasteiger partial charge in [0, 0.05) is 19.7 Å². The van der Waals surface area contributed by atoms with Crippen molar-refractivity contribution in [2.45, 2.75) is 38.0 Å². The Labute approximate surface area is 153 Å². The number of halogens is 1. The zero-order valence-corrected chi connectivity index (χ0v) is 14.9. The number of likely N-dealkylation sites (tertiary alicyclic amines) is 1. The van der Waals surface area contributed by atoms with Crippen LogP contribution in [0.15, 0.2) is 48.5 Å². The number of nitrogens with zero attached hydrogens (tertiary/aromatic N) is 1. The van der Waals surface area contributed by atoms with E-state index in [0.717, 1.165) is 24.9 Å². The first kappa shape index (κ1) is 18.5. The first-order valence-corrected chi connectivity index (χ1v) is 8.91. The molecule has 0 saturated carbocycles. The van der Waals surface area contributed by atoms with Gasteiger partial charge in [0.15, 0.2) is 0 Å². The number of carboxylic acids is 1. The van der Waals surface area contributed by atoms with E-state index in [1.807, 2.05) is 24.3 Å². The van der Waals surface area contributed by atoms with Crippen LogP contribution in [0.4, 0.5) is 4.39 Å². The van der Waals surface area contributed by atoms with Gasteiger partial charge in [0.25, 0.3) is 0 Å². The molecule has 0 bridgehead atoms. The number of benzene rings is 2. The largest absolute Gasteiger partial charge is 0.478 e. The van der Waals surface area contributed by atoms with E-state index in [2.05, 4.69) is 4.90 Å². The van der Waals surface area contributed by atoms with Crippen molar-refractivity contribution in [1.29, 1.82) is 0 Å². The zero-order chi connectivity index (χ0) is 18.5. The molecule has 26 heavy (non-hydrogen) atoms. The Bertz CT molecular complexity index is 747. The Kier molecular flexibility index (Phi) is 6.01. The third-order valence-corrected chi connectivity index (χ3v) is 5.11. The van der Waals surface area contributed by atoms with Gasteiger partial charge < -0.3 is 9.84 Å². The van der Waals surface area contributed by atoms with Crippen LogP contribution in [0.1, 0.15) is 34.3 Å². The fourth-order valence-corrected chi connectivity index (χ4v) is 3.70. The highest BCUT2D eigenvalue weighted by atomic mass is 19.1. The predicted molar refractivity (Wildman–Crippen MR) is 97.7 cm³/mol. The molecule has 1 aliphatic rings. The minimum atomic E-state index is -0.925. The molecular formula is C21H24FNO3. The summed E-state index contributed by atoms with van der Waals surface area (Å²) in [7, 11) is 1.71. The monoisotopic (exact) mass is 357 g/mol. The number of carbonyl (C=O) groups is 1. The highest BCUT2D eigenvalue weighted by Crippen LogP contribution is 2.26. The van der Waals surface area contributed by atoms with Crippen LogP contribution in [-0.4, -0.2) is 41.8 Å². The Hall–Kier alpha value is -2.24. The molecule has 1 fully saturated rings. The summed E-state index contributed by atoms with van der Waals surface area (Å²) in [5.41, 5.74) is 2.03. The van der Waals surface area contributed by atoms with Gasteiger partial charge in [0.05, 0.1) is 11.7 Å². The normalized spacial score (nSPS) is 20.8. The van der Waals surface area contributed by atoms with Gasteiger partial charge in [-0.15, -0.1) is 0 Å². The molecule has 0 spiro atoms. The highest BCUT2D eigenvalue weighted by Gasteiger charge is 2.32. The first-order chi connectivity index (χ1) is 12.6. The molecule has 0 radical (unpaired) electrons. The van der Waals surface area contributed by atoms with Crippen LogP contribution in [-0.2, 0) is 17.7 Å². The molecule has 4 nitrogen and oxygen atoms in total. The minimum Gasteiger partial charge on any atom is -0.478 e. The van der Waals surface area contributed by atoms with E-state index >= 15 is 0 Å². The maximum atomic E-state index is 14.1. The Balaban J connectivity index is 1.78. The molecule has 1 N–H and O–H groups in total. The van der Waals surface area contributed by atoms with E-state index < -0.39 is 5.97 Å². The molecule has 5 heteroatoms. The Morgan fingerprint density at radius 1 is 1.23 bits per heavy atom. The molecule has 2 aromatic rings. The average molecular weight is 357 g/mol. The molecule has 1 heterocycles. The van der Waals surface area contributed by atoms with Crippen molar-refractivity contribution >= 4 is 5.97 Å². The van der Waals surface area contributed by atoms with Crippen molar-refractivity contribution in [3.05, 3.63) is 71.0 Å². The second kappa shape index (κ2) is 8.43. The number of ether oxygens (including phenoxy) is 1. The number of carboxylic acid groups (broad SMARTS) is 1. The molecule has 0 amide bonds.